The number of esters is 1. The third-order valence-electron chi connectivity index (χ3n) is 2.67. The summed E-state index contributed by atoms with van der Waals surface area (Å²) in [7, 11) is 2.93. The van der Waals surface area contributed by atoms with Gasteiger partial charge in [0.2, 0.25) is 5.91 Å². The van der Waals surface area contributed by atoms with Crippen LogP contribution in [0.3, 0.4) is 0 Å². The molecule has 0 aromatic heterocycles. The van der Waals surface area contributed by atoms with Crippen molar-refractivity contribution >= 4 is 11.9 Å². The molecule has 0 saturated carbocycles. The van der Waals surface area contributed by atoms with E-state index in [1.54, 1.807) is 12.1 Å². The third kappa shape index (κ3) is 2.32. The number of hydrogen-bond acceptors (Lipinski definition) is 6. The van der Waals surface area contributed by atoms with Gasteiger partial charge in [-0.15, -0.1) is 0 Å². The molecule has 1 amide bonds. The SMILES string of the molecule is COc1ccc2c(c1OC)C(=O)OC2NNC(C)=O. The molecule has 0 saturated heterocycles. The van der Waals surface area contributed by atoms with Crippen molar-refractivity contribution < 1.29 is 23.8 Å². The van der Waals surface area contributed by atoms with Gasteiger partial charge in [0.25, 0.3) is 0 Å². The summed E-state index contributed by atoms with van der Waals surface area (Å²) in [6, 6.07) is 3.35. The Morgan fingerprint density at radius 3 is 2.63 bits per heavy atom. The molecule has 19 heavy (non-hydrogen) atoms. The fourth-order valence-corrected chi connectivity index (χ4v) is 1.88. The monoisotopic (exact) mass is 266 g/mol. The molecule has 0 aliphatic carbocycles. The molecule has 7 nitrogen and oxygen atoms in total. The van der Waals surface area contributed by atoms with Crippen LogP contribution in [0.15, 0.2) is 12.1 Å². The molecule has 0 bridgehead atoms. The van der Waals surface area contributed by atoms with Gasteiger partial charge < -0.3 is 14.2 Å². The molecule has 1 aromatic rings. The van der Waals surface area contributed by atoms with Crippen LogP contribution in [0.4, 0.5) is 0 Å². The average Bonchev–Trinajstić information content (AvgIpc) is 2.72. The van der Waals surface area contributed by atoms with Crippen molar-refractivity contribution in [3.05, 3.63) is 23.3 Å². The second kappa shape index (κ2) is 5.15. The Labute approximate surface area is 109 Å². The topological polar surface area (TPSA) is 85.9 Å². The first-order valence-corrected chi connectivity index (χ1v) is 5.56. The van der Waals surface area contributed by atoms with Crippen LogP contribution in [-0.4, -0.2) is 26.1 Å². The van der Waals surface area contributed by atoms with Crippen LogP contribution in [-0.2, 0) is 9.53 Å². The van der Waals surface area contributed by atoms with Crippen molar-refractivity contribution in [3.63, 3.8) is 0 Å². The lowest BCUT2D eigenvalue weighted by Crippen LogP contribution is -2.38. The highest BCUT2D eigenvalue weighted by Gasteiger charge is 2.35. The molecule has 0 fully saturated rings. The van der Waals surface area contributed by atoms with Crippen LogP contribution in [0.25, 0.3) is 0 Å². The molecule has 1 atom stereocenters. The number of nitrogens with one attached hydrogen (secondary N) is 2. The van der Waals surface area contributed by atoms with E-state index in [2.05, 4.69) is 10.9 Å². The van der Waals surface area contributed by atoms with E-state index in [1.807, 2.05) is 0 Å². The van der Waals surface area contributed by atoms with Gasteiger partial charge in [0.1, 0.15) is 5.56 Å². The van der Waals surface area contributed by atoms with E-state index in [1.165, 1.54) is 21.1 Å². The number of ether oxygens (including phenoxy) is 3. The number of hydrogen-bond donors (Lipinski definition) is 2. The second-order valence-electron chi connectivity index (χ2n) is 3.88. The van der Waals surface area contributed by atoms with Crippen LogP contribution < -0.4 is 20.3 Å². The number of fused-ring (bicyclic) bond motifs is 1. The summed E-state index contributed by atoms with van der Waals surface area (Å²) in [4.78, 5) is 22.7. The van der Waals surface area contributed by atoms with E-state index in [-0.39, 0.29) is 5.91 Å². The first kappa shape index (κ1) is 13.2. The van der Waals surface area contributed by atoms with Crippen LogP contribution in [0.1, 0.15) is 29.1 Å². The zero-order valence-electron chi connectivity index (χ0n) is 10.8. The fraction of sp³-hybridized carbons (Fsp3) is 0.333. The van der Waals surface area contributed by atoms with E-state index in [0.29, 0.717) is 22.6 Å². The molecule has 0 spiro atoms. The van der Waals surface area contributed by atoms with Gasteiger partial charge in [-0.05, 0) is 12.1 Å². The highest BCUT2D eigenvalue weighted by atomic mass is 16.6. The summed E-state index contributed by atoms with van der Waals surface area (Å²) >= 11 is 0. The molecular weight excluding hydrogens is 252 g/mol. The smallest absolute Gasteiger partial charge is 0.344 e. The Hall–Kier alpha value is -2.28. The first-order valence-electron chi connectivity index (χ1n) is 5.56. The highest BCUT2D eigenvalue weighted by Crippen LogP contribution is 2.40. The third-order valence-corrected chi connectivity index (χ3v) is 2.67. The lowest BCUT2D eigenvalue weighted by Gasteiger charge is -2.13. The van der Waals surface area contributed by atoms with Crippen LogP contribution in [0, 0.1) is 0 Å². The summed E-state index contributed by atoms with van der Waals surface area (Å²) in [6.45, 7) is 1.35. The molecule has 1 unspecified atom stereocenters. The molecule has 1 heterocycles. The van der Waals surface area contributed by atoms with Crippen molar-refractivity contribution in [2.75, 3.05) is 14.2 Å². The normalized spacial score (nSPS) is 16.6. The summed E-state index contributed by atoms with van der Waals surface area (Å²) in [5.74, 6) is -0.0610. The van der Waals surface area contributed by atoms with Crippen molar-refractivity contribution in [2.24, 2.45) is 0 Å². The van der Waals surface area contributed by atoms with Gasteiger partial charge >= 0.3 is 5.97 Å². The largest absolute Gasteiger partial charge is 0.493 e. The maximum Gasteiger partial charge on any atom is 0.344 e. The minimum Gasteiger partial charge on any atom is -0.493 e. The van der Waals surface area contributed by atoms with Gasteiger partial charge in [-0.1, -0.05) is 0 Å². The Balaban J connectivity index is 2.37. The maximum absolute atomic E-state index is 11.9. The minimum atomic E-state index is -0.744. The fourth-order valence-electron chi connectivity index (χ4n) is 1.88. The number of rotatable bonds is 4. The average molecular weight is 266 g/mol. The summed E-state index contributed by atoms with van der Waals surface area (Å²) in [6.07, 6.45) is -0.744. The van der Waals surface area contributed by atoms with Crippen molar-refractivity contribution in [1.29, 1.82) is 0 Å². The lowest BCUT2D eigenvalue weighted by atomic mass is 10.1. The molecule has 2 rings (SSSR count). The number of hydrazine groups is 1. The number of amides is 1. The van der Waals surface area contributed by atoms with E-state index in [0.717, 1.165) is 0 Å². The Kier molecular flexibility index (Phi) is 3.57. The number of benzene rings is 1. The summed E-state index contributed by atoms with van der Waals surface area (Å²) in [5, 5.41) is 0. The number of methoxy groups -OCH3 is 2. The predicted molar refractivity (Wildman–Crippen MR) is 64.7 cm³/mol. The minimum absolute atomic E-state index is 0.287. The number of carbonyl (C=O) groups excluding carboxylic acids is 2. The molecule has 7 heteroatoms. The molecule has 1 aliphatic rings. The molecule has 1 aromatic carbocycles. The Morgan fingerprint density at radius 2 is 2.05 bits per heavy atom. The zero-order chi connectivity index (χ0) is 14.0. The molecule has 1 aliphatic heterocycles. The van der Waals surface area contributed by atoms with Gasteiger partial charge in [0, 0.05) is 12.5 Å². The van der Waals surface area contributed by atoms with Gasteiger partial charge in [-0.25, -0.2) is 4.79 Å². The van der Waals surface area contributed by atoms with E-state index >= 15 is 0 Å². The molecule has 102 valence electrons. The van der Waals surface area contributed by atoms with Crippen LogP contribution >= 0.6 is 0 Å². The van der Waals surface area contributed by atoms with Crippen LogP contribution in [0.5, 0.6) is 11.5 Å². The predicted octanol–water partition coefficient (Wildman–Crippen LogP) is 0.513. The molecule has 0 radical (unpaired) electrons. The van der Waals surface area contributed by atoms with Gasteiger partial charge in [-0.2, -0.15) is 5.43 Å². The Bertz CT molecular complexity index is 529. The van der Waals surface area contributed by atoms with Gasteiger partial charge in [0.05, 0.1) is 14.2 Å². The van der Waals surface area contributed by atoms with Gasteiger partial charge in [-0.3, -0.25) is 10.2 Å². The maximum atomic E-state index is 11.9. The zero-order valence-corrected chi connectivity index (χ0v) is 10.8. The number of carbonyl (C=O) groups is 2. The van der Waals surface area contributed by atoms with E-state index in [9.17, 15) is 9.59 Å². The van der Waals surface area contributed by atoms with Crippen molar-refractivity contribution in [3.8, 4) is 11.5 Å². The standard InChI is InChI=1S/C12H14N2O5/c1-6(15)13-14-11-7-4-5-8(17-2)10(18-3)9(7)12(16)19-11/h4-5,11,14H,1-3H3,(H,13,15). The summed E-state index contributed by atoms with van der Waals surface area (Å²) < 4.78 is 15.4. The summed E-state index contributed by atoms with van der Waals surface area (Å²) in [5.41, 5.74) is 5.87. The Morgan fingerprint density at radius 1 is 1.32 bits per heavy atom. The quantitative estimate of drug-likeness (QED) is 0.610. The highest BCUT2D eigenvalue weighted by molar-refractivity contribution is 5.98. The van der Waals surface area contributed by atoms with E-state index in [4.69, 9.17) is 14.2 Å². The van der Waals surface area contributed by atoms with E-state index < -0.39 is 12.2 Å². The molecular formula is C12H14N2O5. The molecule has 2 N–H and O–H groups in total. The first-order chi connectivity index (χ1) is 9.08. The van der Waals surface area contributed by atoms with Crippen LogP contribution in [0.2, 0.25) is 0 Å². The number of cyclic esters (lactones) is 1. The van der Waals surface area contributed by atoms with Gasteiger partial charge in [0.15, 0.2) is 17.7 Å². The second-order valence-corrected chi connectivity index (χ2v) is 3.88. The lowest BCUT2D eigenvalue weighted by molar-refractivity contribution is -0.121. The van der Waals surface area contributed by atoms with Crippen molar-refractivity contribution in [1.82, 2.24) is 10.9 Å². The van der Waals surface area contributed by atoms with Crippen molar-refractivity contribution in [2.45, 2.75) is 13.2 Å².